The minimum atomic E-state index is -4.78. The van der Waals surface area contributed by atoms with Crippen molar-refractivity contribution >= 4 is 27.6 Å². The molecule has 0 radical (unpaired) electrons. The number of carbonyl (C=O) groups is 2. The molecule has 1 unspecified atom stereocenters. The second-order valence-corrected chi connectivity index (χ2v) is 3.90. The fraction of sp³-hybridized carbons (Fsp3) is 0.778. The summed E-state index contributed by atoms with van der Waals surface area (Å²) in [4.78, 5) is 22.1. The monoisotopic (exact) mass is 321 g/mol. The molecule has 3 nitrogen and oxygen atoms in total. The molecule has 0 aromatic rings. The van der Waals surface area contributed by atoms with Gasteiger partial charge in [-0.05, 0) is 6.42 Å². The maximum atomic E-state index is 12.6. The third kappa shape index (κ3) is 4.61. The summed E-state index contributed by atoms with van der Waals surface area (Å²) in [6.07, 6.45) is -3.52. The average Bonchev–Trinajstić information content (AvgIpc) is 2.26. The van der Waals surface area contributed by atoms with Gasteiger partial charge in [0, 0.05) is 0 Å². The zero-order chi connectivity index (χ0) is 13.6. The van der Waals surface area contributed by atoms with E-state index in [9.17, 15) is 27.2 Å². The van der Waals surface area contributed by atoms with Crippen LogP contribution in [0, 0.1) is 0 Å². The topological polar surface area (TPSA) is 46.2 Å². The minimum absolute atomic E-state index is 0.121. The Balaban J connectivity index is 4.66. The molecule has 0 saturated heterocycles. The number of ketones is 1. The Morgan fingerprint density at radius 2 is 1.88 bits per heavy atom. The molecule has 1 N–H and O–H groups in total. The van der Waals surface area contributed by atoms with Crippen molar-refractivity contribution in [2.75, 3.05) is 5.33 Å². The SMILES string of the molecule is CCCC(NC(=O)C(F)(F)C(F)F)C(=O)CBr. The van der Waals surface area contributed by atoms with E-state index >= 15 is 0 Å². The van der Waals surface area contributed by atoms with Crippen LogP contribution < -0.4 is 5.32 Å². The lowest BCUT2D eigenvalue weighted by Gasteiger charge is -2.20. The molecule has 0 aliphatic heterocycles. The molecular weight excluding hydrogens is 310 g/mol. The Hall–Kier alpha value is -0.660. The van der Waals surface area contributed by atoms with Crippen molar-refractivity contribution in [1.29, 1.82) is 0 Å². The van der Waals surface area contributed by atoms with E-state index in [4.69, 9.17) is 0 Å². The number of halogens is 5. The molecule has 0 fully saturated rings. The zero-order valence-corrected chi connectivity index (χ0v) is 10.6. The molecule has 1 amide bonds. The van der Waals surface area contributed by atoms with Crippen LogP contribution in [0.1, 0.15) is 19.8 Å². The smallest absolute Gasteiger partial charge is 0.341 e. The predicted molar refractivity (Wildman–Crippen MR) is 56.6 cm³/mol. The Morgan fingerprint density at radius 1 is 1.35 bits per heavy atom. The van der Waals surface area contributed by atoms with Crippen LogP contribution >= 0.6 is 15.9 Å². The lowest BCUT2D eigenvalue weighted by molar-refractivity contribution is -0.170. The number of hydrogen-bond acceptors (Lipinski definition) is 2. The first-order valence-electron chi connectivity index (χ1n) is 4.82. The van der Waals surface area contributed by atoms with Gasteiger partial charge in [-0.25, -0.2) is 8.78 Å². The van der Waals surface area contributed by atoms with Crippen LogP contribution in [0.25, 0.3) is 0 Å². The first-order chi connectivity index (χ1) is 7.77. The third-order valence-corrected chi connectivity index (χ3v) is 2.53. The van der Waals surface area contributed by atoms with Gasteiger partial charge in [0.1, 0.15) is 0 Å². The summed E-state index contributed by atoms with van der Waals surface area (Å²) in [7, 11) is 0. The standard InChI is InChI=1S/C9H12BrF4NO2/c1-2-3-5(6(16)4-10)15-8(17)9(13,14)7(11)12/h5,7H,2-4H2,1H3,(H,15,17). The molecule has 0 aromatic heterocycles. The van der Waals surface area contributed by atoms with E-state index in [-0.39, 0.29) is 11.8 Å². The van der Waals surface area contributed by atoms with Gasteiger partial charge in [-0.2, -0.15) is 8.78 Å². The van der Waals surface area contributed by atoms with Gasteiger partial charge in [0.2, 0.25) is 0 Å². The van der Waals surface area contributed by atoms with Gasteiger partial charge in [0.15, 0.2) is 5.78 Å². The minimum Gasteiger partial charge on any atom is -0.341 e. The van der Waals surface area contributed by atoms with Crippen LogP contribution in [-0.4, -0.2) is 35.4 Å². The molecule has 0 heterocycles. The quantitative estimate of drug-likeness (QED) is 0.577. The number of hydrogen-bond donors (Lipinski definition) is 1. The van der Waals surface area contributed by atoms with E-state index in [0.29, 0.717) is 6.42 Å². The molecule has 0 saturated carbocycles. The second-order valence-electron chi connectivity index (χ2n) is 3.34. The van der Waals surface area contributed by atoms with Crippen molar-refractivity contribution in [3.63, 3.8) is 0 Å². The van der Waals surface area contributed by atoms with Crippen molar-refractivity contribution in [2.45, 2.75) is 38.2 Å². The van der Waals surface area contributed by atoms with Crippen molar-refractivity contribution in [3.8, 4) is 0 Å². The fourth-order valence-electron chi connectivity index (χ4n) is 1.05. The molecule has 8 heteroatoms. The van der Waals surface area contributed by atoms with Gasteiger partial charge in [0.25, 0.3) is 5.91 Å². The maximum Gasteiger partial charge on any atom is 0.383 e. The molecule has 0 aromatic carbocycles. The fourth-order valence-corrected chi connectivity index (χ4v) is 1.44. The van der Waals surface area contributed by atoms with Gasteiger partial charge in [-0.15, -0.1) is 0 Å². The van der Waals surface area contributed by atoms with Crippen molar-refractivity contribution in [3.05, 3.63) is 0 Å². The lowest BCUT2D eigenvalue weighted by atomic mass is 10.1. The third-order valence-electron chi connectivity index (χ3n) is 1.98. The average molecular weight is 322 g/mol. The molecule has 0 spiro atoms. The molecule has 0 aliphatic rings. The summed E-state index contributed by atoms with van der Waals surface area (Å²) in [6.45, 7) is 1.67. The summed E-state index contributed by atoms with van der Waals surface area (Å²) in [6, 6.07) is -1.17. The van der Waals surface area contributed by atoms with Crippen LogP contribution in [0.4, 0.5) is 17.6 Å². The van der Waals surface area contributed by atoms with E-state index < -0.39 is 30.1 Å². The predicted octanol–water partition coefficient (Wildman–Crippen LogP) is 2.14. The number of carbonyl (C=O) groups excluding carboxylic acids is 2. The summed E-state index contributed by atoms with van der Waals surface area (Å²) in [5, 5.41) is 1.50. The van der Waals surface area contributed by atoms with Gasteiger partial charge in [0.05, 0.1) is 11.4 Å². The van der Waals surface area contributed by atoms with E-state index in [0.717, 1.165) is 0 Å². The van der Waals surface area contributed by atoms with Crippen molar-refractivity contribution in [2.24, 2.45) is 0 Å². The molecule has 1 atom stereocenters. The molecular formula is C9H12BrF4NO2. The Morgan fingerprint density at radius 3 is 2.24 bits per heavy atom. The van der Waals surface area contributed by atoms with Crippen molar-refractivity contribution < 1.29 is 27.2 Å². The number of alkyl halides is 5. The van der Waals surface area contributed by atoms with Gasteiger partial charge >= 0.3 is 12.3 Å². The highest BCUT2D eigenvalue weighted by Crippen LogP contribution is 2.23. The highest BCUT2D eigenvalue weighted by Gasteiger charge is 2.49. The zero-order valence-electron chi connectivity index (χ0n) is 8.98. The number of rotatable bonds is 7. The van der Waals surface area contributed by atoms with Crippen LogP contribution in [0.3, 0.4) is 0 Å². The molecule has 0 aliphatic carbocycles. The first-order valence-corrected chi connectivity index (χ1v) is 5.95. The molecule has 17 heavy (non-hydrogen) atoms. The summed E-state index contributed by atoms with van der Waals surface area (Å²) in [5.41, 5.74) is 0. The highest BCUT2D eigenvalue weighted by molar-refractivity contribution is 9.09. The summed E-state index contributed by atoms with van der Waals surface area (Å²) >= 11 is 2.82. The molecule has 0 rings (SSSR count). The van der Waals surface area contributed by atoms with E-state index in [2.05, 4.69) is 15.9 Å². The highest BCUT2D eigenvalue weighted by atomic mass is 79.9. The first kappa shape index (κ1) is 16.3. The second kappa shape index (κ2) is 6.93. The van der Waals surface area contributed by atoms with E-state index in [1.54, 1.807) is 12.2 Å². The van der Waals surface area contributed by atoms with Gasteiger partial charge in [-0.1, -0.05) is 29.3 Å². The lowest BCUT2D eigenvalue weighted by Crippen LogP contribution is -2.51. The largest absolute Gasteiger partial charge is 0.383 e. The molecule has 100 valence electrons. The van der Waals surface area contributed by atoms with Crippen LogP contribution in [0.5, 0.6) is 0 Å². The normalized spacial score (nSPS) is 13.6. The van der Waals surface area contributed by atoms with E-state index in [1.807, 2.05) is 0 Å². The van der Waals surface area contributed by atoms with Gasteiger partial charge in [-0.3, -0.25) is 9.59 Å². The maximum absolute atomic E-state index is 12.6. The molecule has 0 bridgehead atoms. The summed E-state index contributed by atoms with van der Waals surface area (Å²) < 4.78 is 49.0. The van der Waals surface area contributed by atoms with Crippen LogP contribution in [-0.2, 0) is 9.59 Å². The number of Topliss-reactive ketones (excluding diaryl/α,β-unsaturated/α-hetero) is 1. The van der Waals surface area contributed by atoms with Crippen LogP contribution in [0.2, 0.25) is 0 Å². The van der Waals surface area contributed by atoms with E-state index in [1.165, 1.54) is 0 Å². The van der Waals surface area contributed by atoms with Gasteiger partial charge < -0.3 is 5.32 Å². The van der Waals surface area contributed by atoms with Crippen LogP contribution in [0.15, 0.2) is 0 Å². The Labute approximate surface area is 104 Å². The number of nitrogens with one attached hydrogen (secondary N) is 1. The Kier molecular flexibility index (Phi) is 6.66. The Bertz CT molecular complexity index is 286. The van der Waals surface area contributed by atoms with Crippen molar-refractivity contribution in [1.82, 2.24) is 5.32 Å². The summed E-state index contributed by atoms with van der Waals surface area (Å²) in [5.74, 6) is -7.44. The number of amides is 1.